The minimum atomic E-state index is 0.538. The normalized spacial score (nSPS) is 20.1. The van der Waals surface area contributed by atoms with Crippen molar-refractivity contribution in [1.82, 2.24) is 15.3 Å². The molecule has 0 amide bonds. The van der Waals surface area contributed by atoms with E-state index in [0.717, 1.165) is 18.7 Å². The van der Waals surface area contributed by atoms with E-state index >= 15 is 0 Å². The zero-order valence-electron chi connectivity index (χ0n) is 9.70. The highest BCUT2D eigenvalue weighted by atomic mass is 35.5. The SMILES string of the molecule is Cc1cnc(N(C)C[C@@H]2CCCN2)nc1Cl. The van der Waals surface area contributed by atoms with Gasteiger partial charge in [0.05, 0.1) is 0 Å². The molecule has 1 N–H and O–H groups in total. The van der Waals surface area contributed by atoms with Gasteiger partial charge in [-0.3, -0.25) is 0 Å². The number of halogens is 1. The Morgan fingerprint density at radius 3 is 3.06 bits per heavy atom. The number of rotatable bonds is 3. The summed E-state index contributed by atoms with van der Waals surface area (Å²) in [7, 11) is 2.00. The van der Waals surface area contributed by atoms with E-state index in [1.165, 1.54) is 12.8 Å². The molecule has 0 aromatic carbocycles. The van der Waals surface area contributed by atoms with E-state index in [0.29, 0.717) is 17.1 Å². The fourth-order valence-corrected chi connectivity index (χ4v) is 2.05. The molecule has 1 aromatic heterocycles. The molecule has 2 heterocycles. The predicted molar refractivity (Wildman–Crippen MR) is 66.1 cm³/mol. The van der Waals surface area contributed by atoms with Crippen LogP contribution in [0.3, 0.4) is 0 Å². The standard InChI is InChI=1S/C11H17ClN4/c1-8-6-14-11(15-10(8)12)16(2)7-9-4-3-5-13-9/h6,9,13H,3-5,7H2,1-2H3/t9-/m0/s1. The molecule has 1 aromatic rings. The zero-order chi connectivity index (χ0) is 11.5. The van der Waals surface area contributed by atoms with Crippen LogP contribution >= 0.6 is 11.6 Å². The van der Waals surface area contributed by atoms with Crippen molar-refractivity contribution in [1.29, 1.82) is 0 Å². The first-order chi connectivity index (χ1) is 7.66. The average Bonchev–Trinajstić information content (AvgIpc) is 2.74. The van der Waals surface area contributed by atoms with Crippen molar-refractivity contribution in [3.63, 3.8) is 0 Å². The first-order valence-corrected chi connectivity index (χ1v) is 5.98. The quantitative estimate of drug-likeness (QED) is 0.816. The summed E-state index contributed by atoms with van der Waals surface area (Å²) >= 11 is 5.98. The lowest BCUT2D eigenvalue weighted by Crippen LogP contribution is -2.36. The van der Waals surface area contributed by atoms with Gasteiger partial charge in [-0.25, -0.2) is 9.97 Å². The van der Waals surface area contributed by atoms with E-state index in [1.807, 2.05) is 18.9 Å². The first-order valence-electron chi connectivity index (χ1n) is 5.60. The summed E-state index contributed by atoms with van der Waals surface area (Å²) in [6.07, 6.45) is 4.25. The van der Waals surface area contributed by atoms with E-state index in [2.05, 4.69) is 15.3 Å². The Bertz CT molecular complexity index is 363. The van der Waals surface area contributed by atoms with E-state index in [9.17, 15) is 0 Å². The van der Waals surface area contributed by atoms with Crippen molar-refractivity contribution in [2.24, 2.45) is 0 Å². The molecule has 1 atom stereocenters. The van der Waals surface area contributed by atoms with Crippen LogP contribution in [0.2, 0.25) is 5.15 Å². The van der Waals surface area contributed by atoms with E-state index in [4.69, 9.17) is 11.6 Å². The molecule has 4 nitrogen and oxygen atoms in total. The second kappa shape index (κ2) is 4.97. The topological polar surface area (TPSA) is 41.1 Å². The van der Waals surface area contributed by atoms with Crippen LogP contribution in [0.1, 0.15) is 18.4 Å². The lowest BCUT2D eigenvalue weighted by Gasteiger charge is -2.21. The van der Waals surface area contributed by atoms with Gasteiger partial charge in [0.15, 0.2) is 0 Å². The number of hydrogen-bond acceptors (Lipinski definition) is 4. The highest BCUT2D eigenvalue weighted by molar-refractivity contribution is 6.30. The van der Waals surface area contributed by atoms with Gasteiger partial charge in [-0.05, 0) is 26.3 Å². The van der Waals surface area contributed by atoms with E-state index in [-0.39, 0.29) is 0 Å². The summed E-state index contributed by atoms with van der Waals surface area (Å²) in [6, 6.07) is 0.550. The Balaban J connectivity index is 2.02. The highest BCUT2D eigenvalue weighted by Crippen LogP contribution is 2.15. The number of aryl methyl sites for hydroxylation is 1. The van der Waals surface area contributed by atoms with Crippen LogP contribution < -0.4 is 10.2 Å². The van der Waals surface area contributed by atoms with Gasteiger partial charge in [0.2, 0.25) is 5.95 Å². The molecule has 0 radical (unpaired) electrons. The van der Waals surface area contributed by atoms with Gasteiger partial charge in [-0.15, -0.1) is 0 Å². The van der Waals surface area contributed by atoms with Gasteiger partial charge >= 0.3 is 0 Å². The molecule has 1 aliphatic rings. The predicted octanol–water partition coefficient (Wildman–Crippen LogP) is 1.63. The fraction of sp³-hybridized carbons (Fsp3) is 0.636. The number of nitrogens with one attached hydrogen (secondary N) is 1. The van der Waals surface area contributed by atoms with Gasteiger partial charge < -0.3 is 10.2 Å². The molecule has 1 aliphatic heterocycles. The molecule has 0 spiro atoms. The van der Waals surface area contributed by atoms with Gasteiger partial charge in [0, 0.05) is 31.4 Å². The van der Waals surface area contributed by atoms with E-state index in [1.54, 1.807) is 6.20 Å². The minimum Gasteiger partial charge on any atom is -0.342 e. The molecule has 2 rings (SSSR count). The number of anilines is 1. The maximum absolute atomic E-state index is 5.98. The van der Waals surface area contributed by atoms with Crippen molar-refractivity contribution in [3.05, 3.63) is 16.9 Å². The maximum Gasteiger partial charge on any atom is 0.226 e. The summed E-state index contributed by atoms with van der Waals surface area (Å²) in [6.45, 7) is 3.96. The van der Waals surface area contributed by atoms with Crippen molar-refractivity contribution < 1.29 is 0 Å². The minimum absolute atomic E-state index is 0.538. The summed E-state index contributed by atoms with van der Waals surface area (Å²) in [5.74, 6) is 0.698. The lowest BCUT2D eigenvalue weighted by atomic mass is 10.2. The van der Waals surface area contributed by atoms with Gasteiger partial charge in [0.25, 0.3) is 0 Å². The Labute approximate surface area is 101 Å². The van der Waals surface area contributed by atoms with Crippen LogP contribution in [0.25, 0.3) is 0 Å². The molecule has 1 fully saturated rings. The second-order valence-corrected chi connectivity index (χ2v) is 4.68. The summed E-state index contributed by atoms with van der Waals surface area (Å²) in [5.41, 5.74) is 0.915. The Morgan fingerprint density at radius 2 is 2.44 bits per heavy atom. The van der Waals surface area contributed by atoms with Crippen LogP contribution in [0, 0.1) is 6.92 Å². The number of aromatic nitrogens is 2. The van der Waals surface area contributed by atoms with Crippen LogP contribution in [-0.2, 0) is 0 Å². The molecule has 16 heavy (non-hydrogen) atoms. The maximum atomic E-state index is 5.98. The van der Waals surface area contributed by atoms with Crippen LogP contribution in [0.15, 0.2) is 6.20 Å². The van der Waals surface area contributed by atoms with Crippen molar-refractivity contribution in [2.45, 2.75) is 25.8 Å². The van der Waals surface area contributed by atoms with Crippen molar-refractivity contribution >= 4 is 17.5 Å². The summed E-state index contributed by atoms with van der Waals surface area (Å²) in [5, 5.41) is 3.99. The van der Waals surface area contributed by atoms with Gasteiger partial charge in [0.1, 0.15) is 5.15 Å². The smallest absolute Gasteiger partial charge is 0.226 e. The van der Waals surface area contributed by atoms with E-state index < -0.39 is 0 Å². The largest absolute Gasteiger partial charge is 0.342 e. The monoisotopic (exact) mass is 240 g/mol. The molecule has 1 saturated heterocycles. The van der Waals surface area contributed by atoms with Crippen molar-refractivity contribution in [3.8, 4) is 0 Å². The average molecular weight is 241 g/mol. The Hall–Kier alpha value is -0.870. The number of nitrogens with zero attached hydrogens (tertiary/aromatic N) is 3. The van der Waals surface area contributed by atoms with Crippen LogP contribution in [-0.4, -0.2) is 36.1 Å². The fourth-order valence-electron chi connectivity index (χ4n) is 1.92. The molecule has 5 heteroatoms. The Kier molecular flexibility index (Phi) is 3.61. The third-order valence-corrected chi connectivity index (χ3v) is 3.28. The zero-order valence-corrected chi connectivity index (χ0v) is 10.5. The van der Waals surface area contributed by atoms with Crippen LogP contribution in [0.5, 0.6) is 0 Å². The van der Waals surface area contributed by atoms with Crippen molar-refractivity contribution in [2.75, 3.05) is 25.0 Å². The lowest BCUT2D eigenvalue weighted by molar-refractivity contribution is 0.594. The number of likely N-dealkylation sites (N-methyl/N-ethyl adjacent to an activating group) is 1. The molecule has 0 aliphatic carbocycles. The molecule has 0 saturated carbocycles. The van der Waals surface area contributed by atoms with Gasteiger partial charge in [-0.1, -0.05) is 11.6 Å². The Morgan fingerprint density at radius 1 is 1.62 bits per heavy atom. The first kappa shape index (κ1) is 11.6. The molecular formula is C11H17ClN4. The van der Waals surface area contributed by atoms with Crippen LogP contribution in [0.4, 0.5) is 5.95 Å². The summed E-state index contributed by atoms with van der Waals surface area (Å²) < 4.78 is 0. The third kappa shape index (κ3) is 2.62. The third-order valence-electron chi connectivity index (χ3n) is 2.90. The molecular weight excluding hydrogens is 224 g/mol. The summed E-state index contributed by atoms with van der Waals surface area (Å²) in [4.78, 5) is 10.6. The highest BCUT2D eigenvalue weighted by Gasteiger charge is 2.17. The molecule has 0 unspecified atom stereocenters. The number of hydrogen-bond donors (Lipinski definition) is 1. The molecule has 88 valence electrons. The van der Waals surface area contributed by atoms with Gasteiger partial charge in [-0.2, -0.15) is 0 Å². The second-order valence-electron chi connectivity index (χ2n) is 4.32. The molecule has 0 bridgehead atoms.